The second kappa shape index (κ2) is 5.81. The molecule has 4 nitrogen and oxygen atoms in total. The summed E-state index contributed by atoms with van der Waals surface area (Å²) in [5.41, 5.74) is 1.65. The molecule has 4 rings (SSSR count). The number of hydrogen-bond donors (Lipinski definition) is 1. The summed E-state index contributed by atoms with van der Waals surface area (Å²) in [7, 11) is 0. The number of carbonyl (C=O) groups is 1. The first-order valence-corrected chi connectivity index (χ1v) is 8.95. The van der Waals surface area contributed by atoms with E-state index in [9.17, 15) is 4.79 Å². The van der Waals surface area contributed by atoms with Gasteiger partial charge in [-0.25, -0.2) is 4.79 Å². The van der Waals surface area contributed by atoms with Crippen molar-refractivity contribution in [3.8, 4) is 5.75 Å². The molecular formula is C19H19BrN2O2. The van der Waals surface area contributed by atoms with E-state index in [-0.39, 0.29) is 12.1 Å². The fourth-order valence-electron chi connectivity index (χ4n) is 3.61. The Labute approximate surface area is 149 Å². The Morgan fingerprint density at radius 3 is 2.88 bits per heavy atom. The fraction of sp³-hybridized carbons (Fsp3) is 0.316. The molecule has 1 N–H and O–H groups in total. The first-order valence-electron chi connectivity index (χ1n) is 8.16. The van der Waals surface area contributed by atoms with Crippen LogP contribution in [-0.2, 0) is 6.42 Å². The van der Waals surface area contributed by atoms with Crippen LogP contribution in [0.5, 0.6) is 5.75 Å². The average molecular weight is 387 g/mol. The van der Waals surface area contributed by atoms with Crippen LogP contribution in [-0.4, -0.2) is 23.2 Å². The average Bonchev–Trinajstić information content (AvgIpc) is 2.56. The van der Waals surface area contributed by atoms with E-state index in [1.165, 1.54) is 5.56 Å². The van der Waals surface area contributed by atoms with Gasteiger partial charge in [-0.1, -0.05) is 46.3 Å². The number of amides is 2. The summed E-state index contributed by atoms with van der Waals surface area (Å²) in [5, 5.41) is 3.13. The molecule has 0 radical (unpaired) electrons. The number of urea groups is 1. The summed E-state index contributed by atoms with van der Waals surface area (Å²) in [6.07, 6.45) is 1.56. The summed E-state index contributed by atoms with van der Waals surface area (Å²) in [4.78, 5) is 14.5. The van der Waals surface area contributed by atoms with E-state index in [2.05, 4.69) is 33.4 Å². The Balaban J connectivity index is 1.59. The number of hydrogen-bond acceptors (Lipinski definition) is 2. The van der Waals surface area contributed by atoms with Crippen molar-refractivity contribution in [2.24, 2.45) is 0 Å². The number of fused-ring (bicyclic) bond motifs is 4. The standard InChI is InChI=1S/C19H19BrN2O2/c1-19-12-16(15-11-14(20)7-8-17(15)24-19)21-18(23)22(19)10-9-13-5-3-2-4-6-13/h2-8,11,16H,9-10,12H2,1H3,(H,21,23)/t16-,19-/m0/s1. The van der Waals surface area contributed by atoms with Gasteiger partial charge in [0.2, 0.25) is 0 Å². The number of benzene rings is 2. The molecule has 2 heterocycles. The summed E-state index contributed by atoms with van der Waals surface area (Å²) in [5.74, 6) is 0.849. The maximum absolute atomic E-state index is 12.7. The number of nitrogens with zero attached hydrogens (tertiary/aromatic N) is 1. The Hall–Kier alpha value is -2.01. The van der Waals surface area contributed by atoms with E-state index in [4.69, 9.17) is 4.74 Å². The van der Waals surface area contributed by atoms with Gasteiger partial charge in [0.05, 0.1) is 6.04 Å². The maximum Gasteiger partial charge on any atom is 0.320 e. The highest BCUT2D eigenvalue weighted by atomic mass is 79.9. The second-order valence-corrected chi connectivity index (χ2v) is 7.47. The third-order valence-electron chi connectivity index (χ3n) is 4.84. The first-order chi connectivity index (χ1) is 11.5. The van der Waals surface area contributed by atoms with E-state index in [0.29, 0.717) is 6.54 Å². The third-order valence-corrected chi connectivity index (χ3v) is 5.33. The molecule has 0 unspecified atom stereocenters. The van der Waals surface area contributed by atoms with Gasteiger partial charge in [-0.3, -0.25) is 4.90 Å². The van der Waals surface area contributed by atoms with Crippen LogP contribution in [0.3, 0.4) is 0 Å². The highest BCUT2D eigenvalue weighted by molar-refractivity contribution is 9.10. The normalized spacial score (nSPS) is 24.8. The van der Waals surface area contributed by atoms with Crippen LogP contribution in [0.2, 0.25) is 0 Å². The van der Waals surface area contributed by atoms with Gasteiger partial charge in [-0.2, -0.15) is 0 Å². The first kappa shape index (κ1) is 15.5. The lowest BCUT2D eigenvalue weighted by atomic mass is 9.90. The third kappa shape index (κ3) is 2.67. The van der Waals surface area contributed by atoms with Crippen molar-refractivity contribution in [3.63, 3.8) is 0 Å². The van der Waals surface area contributed by atoms with E-state index in [1.807, 2.05) is 48.2 Å². The Kier molecular flexibility index (Phi) is 3.76. The number of rotatable bonds is 3. The minimum atomic E-state index is -0.609. The Morgan fingerprint density at radius 2 is 2.08 bits per heavy atom. The number of nitrogens with one attached hydrogen (secondary N) is 1. The molecule has 2 bridgehead atoms. The second-order valence-electron chi connectivity index (χ2n) is 6.55. The molecule has 124 valence electrons. The lowest BCUT2D eigenvalue weighted by Crippen LogP contribution is -2.65. The van der Waals surface area contributed by atoms with Crippen molar-refractivity contribution in [3.05, 3.63) is 64.1 Å². The predicted molar refractivity (Wildman–Crippen MR) is 95.9 cm³/mol. The van der Waals surface area contributed by atoms with Crippen molar-refractivity contribution < 1.29 is 9.53 Å². The number of carbonyl (C=O) groups excluding carboxylic acids is 1. The van der Waals surface area contributed by atoms with Crippen LogP contribution in [0.1, 0.15) is 30.5 Å². The lowest BCUT2D eigenvalue weighted by Gasteiger charge is -2.50. The Bertz CT molecular complexity index is 780. The van der Waals surface area contributed by atoms with Crippen molar-refractivity contribution in [2.75, 3.05) is 6.54 Å². The molecule has 1 fully saturated rings. The molecule has 0 aromatic heterocycles. The van der Waals surface area contributed by atoms with Gasteiger partial charge in [0.25, 0.3) is 0 Å². The van der Waals surface area contributed by atoms with Crippen LogP contribution in [0.15, 0.2) is 53.0 Å². The number of halogens is 1. The molecule has 2 aromatic carbocycles. The zero-order valence-corrected chi connectivity index (χ0v) is 15.0. The van der Waals surface area contributed by atoms with Crippen molar-refractivity contribution in [1.29, 1.82) is 0 Å². The summed E-state index contributed by atoms with van der Waals surface area (Å²) in [6.45, 7) is 2.64. The molecule has 2 atom stereocenters. The molecule has 2 aliphatic rings. The van der Waals surface area contributed by atoms with Gasteiger partial charge in [0.1, 0.15) is 5.75 Å². The molecule has 2 aliphatic heterocycles. The van der Waals surface area contributed by atoms with Crippen molar-refractivity contribution in [1.82, 2.24) is 10.2 Å². The van der Waals surface area contributed by atoms with Gasteiger partial charge >= 0.3 is 6.03 Å². The molecule has 1 saturated heterocycles. The van der Waals surface area contributed by atoms with E-state index >= 15 is 0 Å². The monoisotopic (exact) mass is 386 g/mol. The lowest BCUT2D eigenvalue weighted by molar-refractivity contribution is -0.0833. The van der Waals surface area contributed by atoms with Gasteiger partial charge < -0.3 is 10.1 Å². The Morgan fingerprint density at radius 1 is 1.29 bits per heavy atom. The van der Waals surface area contributed by atoms with Crippen LogP contribution in [0.25, 0.3) is 0 Å². The fourth-order valence-corrected chi connectivity index (χ4v) is 3.99. The quantitative estimate of drug-likeness (QED) is 0.855. The minimum absolute atomic E-state index is 0.00303. The molecule has 2 aromatic rings. The molecule has 0 spiro atoms. The van der Waals surface area contributed by atoms with Crippen molar-refractivity contribution >= 4 is 22.0 Å². The summed E-state index contributed by atoms with van der Waals surface area (Å²) >= 11 is 3.49. The molecule has 5 heteroatoms. The van der Waals surface area contributed by atoms with Gasteiger partial charge in [-0.05, 0) is 37.1 Å². The minimum Gasteiger partial charge on any atom is -0.468 e. The van der Waals surface area contributed by atoms with Crippen LogP contribution in [0, 0.1) is 0 Å². The highest BCUT2D eigenvalue weighted by Gasteiger charge is 2.48. The predicted octanol–water partition coefficient (Wildman–Crippen LogP) is 4.26. The molecular weight excluding hydrogens is 368 g/mol. The molecule has 0 saturated carbocycles. The zero-order chi connectivity index (χ0) is 16.7. The zero-order valence-electron chi connectivity index (χ0n) is 13.5. The van der Waals surface area contributed by atoms with E-state index < -0.39 is 5.72 Å². The number of ether oxygens (including phenoxy) is 1. The van der Waals surface area contributed by atoms with Crippen LogP contribution in [0.4, 0.5) is 4.79 Å². The van der Waals surface area contributed by atoms with Crippen LogP contribution >= 0.6 is 15.9 Å². The molecule has 24 heavy (non-hydrogen) atoms. The smallest absolute Gasteiger partial charge is 0.320 e. The van der Waals surface area contributed by atoms with Gasteiger partial charge in [-0.15, -0.1) is 0 Å². The highest BCUT2D eigenvalue weighted by Crippen LogP contribution is 2.44. The summed E-state index contributed by atoms with van der Waals surface area (Å²) in [6, 6.07) is 16.1. The van der Waals surface area contributed by atoms with Crippen molar-refractivity contribution in [2.45, 2.75) is 31.5 Å². The summed E-state index contributed by atoms with van der Waals surface area (Å²) < 4.78 is 7.26. The molecule has 0 aliphatic carbocycles. The SMILES string of the molecule is C[C@]12C[C@H](NC(=O)N1CCc1ccccc1)c1cc(Br)ccc1O2. The van der Waals surface area contributed by atoms with Crippen LogP contribution < -0.4 is 10.1 Å². The molecule has 2 amide bonds. The van der Waals surface area contributed by atoms with E-state index in [1.54, 1.807) is 0 Å². The van der Waals surface area contributed by atoms with Gasteiger partial charge in [0, 0.05) is 23.0 Å². The largest absolute Gasteiger partial charge is 0.468 e. The topological polar surface area (TPSA) is 41.6 Å². The van der Waals surface area contributed by atoms with Gasteiger partial charge in [0.15, 0.2) is 5.72 Å². The maximum atomic E-state index is 12.7. The van der Waals surface area contributed by atoms with E-state index in [0.717, 1.165) is 28.6 Å².